The van der Waals surface area contributed by atoms with E-state index in [1.54, 1.807) is 18.2 Å². The van der Waals surface area contributed by atoms with Gasteiger partial charge in [0.2, 0.25) is 5.43 Å². The molecular weight excluding hydrogens is 429 g/mol. The van der Waals surface area contributed by atoms with Crippen molar-refractivity contribution in [2.24, 2.45) is 0 Å². The molecule has 4 aromatic rings. The van der Waals surface area contributed by atoms with E-state index in [9.17, 15) is 14.0 Å². The standard InChI is InChI=1S/C24H24FN3O3S/c1-3-9-31-21-13-26-16(11-20(21)29)14-28-22(10-15-7-5-6-8-19(15)25)27-23-18(24(28)30)12-17(4-2)32-23/h5-8,11-13H,3-4,9-10,14H2,1-2H3,(H,26,29). The van der Waals surface area contributed by atoms with Crippen LogP contribution in [0.4, 0.5) is 4.39 Å². The Morgan fingerprint density at radius 2 is 2.00 bits per heavy atom. The van der Waals surface area contributed by atoms with Crippen molar-refractivity contribution in [2.45, 2.75) is 39.7 Å². The number of nitrogens with zero attached hydrogens (tertiary/aromatic N) is 2. The second-order valence-corrected chi connectivity index (χ2v) is 8.62. The van der Waals surface area contributed by atoms with Gasteiger partial charge >= 0.3 is 0 Å². The van der Waals surface area contributed by atoms with Gasteiger partial charge < -0.3 is 9.72 Å². The molecule has 1 aromatic carbocycles. The smallest absolute Gasteiger partial charge is 0.262 e. The van der Waals surface area contributed by atoms with Crippen molar-refractivity contribution in [1.82, 2.24) is 14.5 Å². The Kier molecular flexibility index (Phi) is 6.50. The number of rotatable bonds is 8. The van der Waals surface area contributed by atoms with Gasteiger partial charge in [-0.1, -0.05) is 32.0 Å². The average molecular weight is 454 g/mol. The van der Waals surface area contributed by atoms with E-state index in [4.69, 9.17) is 9.72 Å². The van der Waals surface area contributed by atoms with Crippen LogP contribution in [0, 0.1) is 5.82 Å². The first-order valence-corrected chi connectivity index (χ1v) is 11.4. The van der Waals surface area contributed by atoms with Crippen molar-refractivity contribution in [1.29, 1.82) is 0 Å². The summed E-state index contributed by atoms with van der Waals surface area (Å²) in [5.41, 5.74) is 0.539. The highest BCUT2D eigenvalue weighted by molar-refractivity contribution is 7.18. The van der Waals surface area contributed by atoms with Crippen molar-refractivity contribution in [3.63, 3.8) is 0 Å². The molecule has 1 N–H and O–H groups in total. The molecule has 0 aliphatic rings. The molecule has 0 saturated heterocycles. The van der Waals surface area contributed by atoms with Crippen LogP contribution in [0.1, 0.15) is 42.2 Å². The van der Waals surface area contributed by atoms with Crippen molar-refractivity contribution in [3.8, 4) is 5.75 Å². The summed E-state index contributed by atoms with van der Waals surface area (Å²) < 4.78 is 21.3. The SMILES string of the molecule is CCCOc1c[nH]c(Cn2c(Cc3ccccc3F)nc3sc(CC)cc3c2=O)cc1=O. The molecule has 3 heterocycles. The van der Waals surface area contributed by atoms with Gasteiger partial charge in [0.1, 0.15) is 16.5 Å². The summed E-state index contributed by atoms with van der Waals surface area (Å²) in [5.74, 6) is 0.345. The maximum Gasteiger partial charge on any atom is 0.262 e. The monoisotopic (exact) mass is 453 g/mol. The minimum Gasteiger partial charge on any atom is -0.488 e. The van der Waals surface area contributed by atoms with Gasteiger partial charge in [0.05, 0.1) is 18.5 Å². The molecule has 3 aromatic heterocycles. The summed E-state index contributed by atoms with van der Waals surface area (Å²) in [7, 11) is 0. The van der Waals surface area contributed by atoms with Gasteiger partial charge in [-0.25, -0.2) is 9.37 Å². The quantitative estimate of drug-likeness (QED) is 0.432. The molecule has 0 fully saturated rings. The van der Waals surface area contributed by atoms with Gasteiger partial charge in [0.25, 0.3) is 5.56 Å². The van der Waals surface area contributed by atoms with Crippen LogP contribution in [0.5, 0.6) is 5.75 Å². The molecule has 6 nitrogen and oxygen atoms in total. The number of aryl methyl sites for hydroxylation is 1. The number of benzene rings is 1. The molecule has 0 atom stereocenters. The van der Waals surface area contributed by atoms with E-state index in [2.05, 4.69) is 4.98 Å². The molecule has 0 saturated carbocycles. The number of H-pyrrole nitrogens is 1. The zero-order chi connectivity index (χ0) is 22.7. The first kappa shape index (κ1) is 22.0. The van der Waals surface area contributed by atoms with Gasteiger partial charge in [-0.15, -0.1) is 11.3 Å². The summed E-state index contributed by atoms with van der Waals surface area (Å²) >= 11 is 1.47. The van der Waals surface area contributed by atoms with Crippen LogP contribution in [0.2, 0.25) is 0 Å². The van der Waals surface area contributed by atoms with Crippen LogP contribution >= 0.6 is 11.3 Å². The van der Waals surface area contributed by atoms with Crippen molar-refractivity contribution in [2.75, 3.05) is 6.61 Å². The number of nitrogens with one attached hydrogen (secondary N) is 1. The molecule has 0 spiro atoms. The highest BCUT2D eigenvalue weighted by atomic mass is 32.1. The maximum absolute atomic E-state index is 14.3. The second-order valence-electron chi connectivity index (χ2n) is 7.51. The van der Waals surface area contributed by atoms with Crippen LogP contribution in [0.15, 0.2) is 52.2 Å². The third kappa shape index (κ3) is 4.50. The summed E-state index contributed by atoms with van der Waals surface area (Å²) in [6, 6.07) is 9.75. The van der Waals surface area contributed by atoms with E-state index < -0.39 is 0 Å². The lowest BCUT2D eigenvalue weighted by atomic mass is 10.1. The average Bonchev–Trinajstić information content (AvgIpc) is 3.21. The normalized spacial score (nSPS) is 11.2. The molecular formula is C24H24FN3O3S. The van der Waals surface area contributed by atoms with Gasteiger partial charge in [-0.3, -0.25) is 14.2 Å². The predicted molar refractivity (Wildman–Crippen MR) is 124 cm³/mol. The van der Waals surface area contributed by atoms with Crippen LogP contribution in [0.3, 0.4) is 0 Å². The highest BCUT2D eigenvalue weighted by Crippen LogP contribution is 2.23. The summed E-state index contributed by atoms with van der Waals surface area (Å²) in [6.07, 6.45) is 3.28. The first-order chi connectivity index (χ1) is 15.5. The molecule has 0 amide bonds. The van der Waals surface area contributed by atoms with E-state index in [1.165, 1.54) is 34.2 Å². The molecule has 0 unspecified atom stereocenters. The van der Waals surface area contributed by atoms with Gasteiger partial charge in [-0.05, 0) is 30.5 Å². The largest absolute Gasteiger partial charge is 0.488 e. The maximum atomic E-state index is 14.3. The number of hydrogen-bond donors (Lipinski definition) is 1. The number of ether oxygens (including phenoxy) is 1. The number of hydrogen-bond acceptors (Lipinski definition) is 5. The zero-order valence-corrected chi connectivity index (χ0v) is 18.8. The summed E-state index contributed by atoms with van der Waals surface area (Å²) in [4.78, 5) is 35.2. The molecule has 166 valence electrons. The minimum absolute atomic E-state index is 0.117. The Morgan fingerprint density at radius 1 is 1.19 bits per heavy atom. The minimum atomic E-state index is -0.348. The lowest BCUT2D eigenvalue weighted by Gasteiger charge is -2.13. The molecule has 0 aliphatic carbocycles. The summed E-state index contributed by atoms with van der Waals surface area (Å²) in [6.45, 7) is 4.55. The van der Waals surface area contributed by atoms with Gasteiger partial charge in [0.15, 0.2) is 5.75 Å². The van der Waals surface area contributed by atoms with Crippen LogP contribution in [-0.4, -0.2) is 21.1 Å². The molecule has 8 heteroatoms. The number of halogens is 1. The van der Waals surface area contributed by atoms with Gasteiger partial charge in [-0.2, -0.15) is 0 Å². The van der Waals surface area contributed by atoms with E-state index in [1.807, 2.05) is 19.9 Å². The molecule has 0 aliphatic heterocycles. The Labute approximate surface area is 188 Å². The zero-order valence-electron chi connectivity index (χ0n) is 18.0. The molecule has 0 radical (unpaired) electrons. The predicted octanol–water partition coefficient (Wildman–Crippen LogP) is 4.28. The molecule has 0 bridgehead atoms. The van der Waals surface area contributed by atoms with E-state index >= 15 is 0 Å². The fourth-order valence-electron chi connectivity index (χ4n) is 3.48. The topological polar surface area (TPSA) is 77.0 Å². The van der Waals surface area contributed by atoms with Crippen LogP contribution in [0.25, 0.3) is 10.2 Å². The van der Waals surface area contributed by atoms with Gasteiger partial charge in [0, 0.05) is 29.3 Å². The van der Waals surface area contributed by atoms with Crippen LogP contribution < -0.4 is 15.7 Å². The Balaban J connectivity index is 1.78. The van der Waals surface area contributed by atoms with Crippen molar-refractivity contribution < 1.29 is 9.13 Å². The second kappa shape index (κ2) is 9.48. The number of thiophene rings is 1. The van der Waals surface area contributed by atoms with E-state index in [-0.39, 0.29) is 35.5 Å². The fraction of sp³-hybridized carbons (Fsp3) is 0.292. The molecule has 4 rings (SSSR count). The Bertz CT molecular complexity index is 1370. The lowest BCUT2D eigenvalue weighted by molar-refractivity contribution is 0.313. The Hall–Kier alpha value is -3.26. The van der Waals surface area contributed by atoms with E-state index in [0.717, 1.165) is 17.7 Å². The third-order valence-electron chi connectivity index (χ3n) is 5.16. The first-order valence-electron chi connectivity index (χ1n) is 10.6. The lowest BCUT2D eigenvalue weighted by Crippen LogP contribution is -2.26. The van der Waals surface area contributed by atoms with E-state index in [0.29, 0.717) is 33.9 Å². The van der Waals surface area contributed by atoms with Crippen LogP contribution in [-0.2, 0) is 19.4 Å². The fourth-order valence-corrected chi connectivity index (χ4v) is 4.46. The number of aromatic nitrogens is 3. The number of fused-ring (bicyclic) bond motifs is 1. The Morgan fingerprint density at radius 3 is 2.72 bits per heavy atom. The third-order valence-corrected chi connectivity index (χ3v) is 6.34. The number of aromatic amines is 1. The highest BCUT2D eigenvalue weighted by Gasteiger charge is 2.16. The van der Waals surface area contributed by atoms with Crippen molar-refractivity contribution >= 4 is 21.6 Å². The molecule has 32 heavy (non-hydrogen) atoms. The number of pyridine rings is 1. The summed E-state index contributed by atoms with van der Waals surface area (Å²) in [5, 5.41) is 0.536. The van der Waals surface area contributed by atoms with Crippen molar-refractivity contribution in [3.05, 3.63) is 90.9 Å².